The number of hydrogen-bond donors (Lipinski definition) is 0. The molecule has 0 bridgehead atoms. The maximum atomic E-state index is 13.7. The third-order valence-corrected chi connectivity index (χ3v) is 6.57. The maximum Gasteiger partial charge on any atom is 0.254 e. The van der Waals surface area contributed by atoms with Gasteiger partial charge in [0.25, 0.3) is 5.91 Å². The highest BCUT2D eigenvalue weighted by molar-refractivity contribution is 5.94. The van der Waals surface area contributed by atoms with E-state index in [1.807, 2.05) is 55.5 Å². The largest absolute Gasteiger partial charge is 0.497 e. The molecule has 0 spiro atoms. The topological polar surface area (TPSA) is 65.8 Å². The van der Waals surface area contributed by atoms with Crippen LogP contribution in [-0.2, 0) is 11.3 Å². The normalized spacial score (nSPS) is 14.9. The molecule has 3 aromatic carbocycles. The van der Waals surface area contributed by atoms with E-state index in [-0.39, 0.29) is 24.4 Å². The van der Waals surface area contributed by atoms with E-state index in [0.29, 0.717) is 36.1 Å². The van der Waals surface area contributed by atoms with E-state index in [4.69, 9.17) is 19.3 Å². The van der Waals surface area contributed by atoms with Crippen LogP contribution in [0.25, 0.3) is 5.69 Å². The van der Waals surface area contributed by atoms with Gasteiger partial charge in [0, 0.05) is 24.8 Å². The Kier molecular flexibility index (Phi) is 7.70. The Balaban J connectivity index is 1.54. The SMILES string of the molecule is COc1cccc(Oc2c(CN(CC3CCCO3)C(=O)c3ccc(F)cc3)c(C)nn2-c2ccccc2)c1. The molecule has 8 heteroatoms. The minimum absolute atomic E-state index is 0.0633. The molecule has 1 fully saturated rings. The van der Waals surface area contributed by atoms with Gasteiger partial charge < -0.3 is 19.1 Å². The van der Waals surface area contributed by atoms with Crippen molar-refractivity contribution in [1.29, 1.82) is 0 Å². The molecule has 0 saturated carbocycles. The molecule has 1 unspecified atom stereocenters. The Hall–Kier alpha value is -4.17. The van der Waals surface area contributed by atoms with Gasteiger partial charge in [-0.2, -0.15) is 5.10 Å². The van der Waals surface area contributed by atoms with Gasteiger partial charge in [-0.1, -0.05) is 24.3 Å². The van der Waals surface area contributed by atoms with Gasteiger partial charge in [0.1, 0.15) is 17.3 Å². The summed E-state index contributed by atoms with van der Waals surface area (Å²) in [6.45, 7) is 3.23. The number of aryl methyl sites for hydroxylation is 1. The zero-order chi connectivity index (χ0) is 26.5. The van der Waals surface area contributed by atoms with Gasteiger partial charge in [-0.3, -0.25) is 4.79 Å². The zero-order valence-electron chi connectivity index (χ0n) is 21.5. The van der Waals surface area contributed by atoms with Crippen LogP contribution in [0.3, 0.4) is 0 Å². The van der Waals surface area contributed by atoms with Gasteiger partial charge in [-0.05, 0) is 68.3 Å². The Labute approximate surface area is 221 Å². The number of para-hydroxylation sites is 1. The van der Waals surface area contributed by atoms with Gasteiger partial charge >= 0.3 is 0 Å². The van der Waals surface area contributed by atoms with Crippen molar-refractivity contribution in [3.63, 3.8) is 0 Å². The van der Waals surface area contributed by atoms with Crippen molar-refractivity contribution in [1.82, 2.24) is 14.7 Å². The van der Waals surface area contributed by atoms with E-state index in [0.717, 1.165) is 29.8 Å². The van der Waals surface area contributed by atoms with Crippen molar-refractivity contribution in [2.24, 2.45) is 0 Å². The number of carbonyl (C=O) groups is 1. The molecular formula is C30H30FN3O4. The molecule has 1 aromatic heterocycles. The Morgan fingerprint density at radius 3 is 2.55 bits per heavy atom. The van der Waals surface area contributed by atoms with Crippen LogP contribution < -0.4 is 9.47 Å². The first kappa shape index (κ1) is 25.5. The maximum absolute atomic E-state index is 13.7. The number of ether oxygens (including phenoxy) is 3. The Morgan fingerprint density at radius 2 is 1.84 bits per heavy atom. The monoisotopic (exact) mass is 515 g/mol. The van der Waals surface area contributed by atoms with Gasteiger partial charge in [0.05, 0.1) is 36.7 Å². The smallest absolute Gasteiger partial charge is 0.254 e. The first-order valence-corrected chi connectivity index (χ1v) is 12.6. The van der Waals surface area contributed by atoms with Crippen LogP contribution in [0.1, 0.15) is 34.5 Å². The van der Waals surface area contributed by atoms with E-state index in [1.165, 1.54) is 24.3 Å². The molecule has 0 N–H and O–H groups in total. The molecule has 0 aliphatic carbocycles. The van der Waals surface area contributed by atoms with E-state index < -0.39 is 0 Å². The van der Waals surface area contributed by atoms with Crippen LogP contribution in [0.15, 0.2) is 78.9 Å². The molecule has 1 aliphatic rings. The highest BCUT2D eigenvalue weighted by Crippen LogP contribution is 2.33. The molecular weight excluding hydrogens is 485 g/mol. The Bertz CT molecular complexity index is 1380. The predicted octanol–water partition coefficient (Wildman–Crippen LogP) is 5.94. The summed E-state index contributed by atoms with van der Waals surface area (Å²) in [7, 11) is 1.60. The minimum Gasteiger partial charge on any atom is -0.497 e. The van der Waals surface area contributed by atoms with Gasteiger partial charge in [-0.15, -0.1) is 0 Å². The van der Waals surface area contributed by atoms with E-state index in [1.54, 1.807) is 22.8 Å². The lowest BCUT2D eigenvalue weighted by atomic mass is 10.1. The van der Waals surface area contributed by atoms with Gasteiger partial charge in [0.2, 0.25) is 5.88 Å². The second kappa shape index (κ2) is 11.5. The lowest BCUT2D eigenvalue weighted by Crippen LogP contribution is -2.37. The second-order valence-electron chi connectivity index (χ2n) is 9.23. The fraction of sp³-hybridized carbons (Fsp3) is 0.267. The highest BCUT2D eigenvalue weighted by Gasteiger charge is 2.28. The van der Waals surface area contributed by atoms with E-state index in [2.05, 4.69) is 0 Å². The molecule has 196 valence electrons. The number of methoxy groups -OCH3 is 1. The van der Waals surface area contributed by atoms with Crippen LogP contribution in [0.5, 0.6) is 17.4 Å². The number of carbonyl (C=O) groups excluding carboxylic acids is 1. The van der Waals surface area contributed by atoms with Gasteiger partial charge in [-0.25, -0.2) is 9.07 Å². The number of aromatic nitrogens is 2. The lowest BCUT2D eigenvalue weighted by Gasteiger charge is -2.26. The molecule has 1 amide bonds. The fourth-order valence-electron chi connectivity index (χ4n) is 4.57. The molecule has 1 aliphatic heterocycles. The molecule has 1 atom stereocenters. The Morgan fingerprint density at radius 1 is 1.08 bits per heavy atom. The summed E-state index contributed by atoms with van der Waals surface area (Å²) in [5.41, 5.74) is 2.74. The van der Waals surface area contributed by atoms with Crippen LogP contribution in [0.2, 0.25) is 0 Å². The average Bonchev–Trinajstić information content (AvgIpc) is 3.57. The summed E-state index contributed by atoms with van der Waals surface area (Å²) in [6, 6.07) is 22.7. The molecule has 1 saturated heterocycles. The fourth-order valence-corrected chi connectivity index (χ4v) is 4.57. The van der Waals surface area contributed by atoms with Crippen LogP contribution in [0, 0.1) is 12.7 Å². The third-order valence-electron chi connectivity index (χ3n) is 6.57. The number of hydrogen-bond acceptors (Lipinski definition) is 5. The standard InChI is InChI=1S/C30H30FN3O4/c1-21-28(20-33(19-27-12-7-17-37-27)29(35)22-13-15-23(31)16-14-22)30(34(32-21)24-8-4-3-5-9-24)38-26-11-6-10-25(18-26)36-2/h3-6,8-11,13-16,18,27H,7,12,17,19-20H2,1-2H3. The summed E-state index contributed by atoms with van der Waals surface area (Å²) >= 11 is 0. The quantitative estimate of drug-likeness (QED) is 0.276. The van der Waals surface area contributed by atoms with Crippen LogP contribution >= 0.6 is 0 Å². The summed E-state index contributed by atoms with van der Waals surface area (Å²) in [4.78, 5) is 15.4. The highest BCUT2D eigenvalue weighted by atomic mass is 19.1. The number of nitrogens with zero attached hydrogens (tertiary/aromatic N) is 3. The van der Waals surface area contributed by atoms with Crippen LogP contribution in [0.4, 0.5) is 4.39 Å². The first-order chi connectivity index (χ1) is 18.5. The summed E-state index contributed by atoms with van der Waals surface area (Å²) < 4.78 is 33.0. The van der Waals surface area contributed by atoms with Crippen molar-refractivity contribution in [2.75, 3.05) is 20.3 Å². The number of amides is 1. The first-order valence-electron chi connectivity index (χ1n) is 12.6. The van der Waals surface area contributed by atoms with Crippen LogP contribution in [-0.4, -0.2) is 47.0 Å². The lowest BCUT2D eigenvalue weighted by molar-refractivity contribution is 0.0505. The summed E-state index contributed by atoms with van der Waals surface area (Å²) in [5, 5.41) is 4.79. The molecule has 4 aromatic rings. The zero-order valence-corrected chi connectivity index (χ0v) is 21.5. The number of halogens is 1. The molecule has 7 nitrogen and oxygen atoms in total. The molecule has 2 heterocycles. The van der Waals surface area contributed by atoms with Crippen molar-refractivity contribution in [2.45, 2.75) is 32.4 Å². The number of benzene rings is 3. The molecule has 38 heavy (non-hydrogen) atoms. The summed E-state index contributed by atoms with van der Waals surface area (Å²) in [5.74, 6) is 1.16. The van der Waals surface area contributed by atoms with E-state index >= 15 is 0 Å². The number of rotatable bonds is 9. The van der Waals surface area contributed by atoms with Crippen molar-refractivity contribution in [3.05, 3.63) is 102 Å². The minimum atomic E-state index is -0.388. The van der Waals surface area contributed by atoms with Crippen molar-refractivity contribution >= 4 is 5.91 Å². The van der Waals surface area contributed by atoms with E-state index in [9.17, 15) is 9.18 Å². The average molecular weight is 516 g/mol. The summed E-state index contributed by atoms with van der Waals surface area (Å²) in [6.07, 6.45) is 1.77. The van der Waals surface area contributed by atoms with Gasteiger partial charge in [0.15, 0.2) is 0 Å². The molecule has 0 radical (unpaired) electrons. The van der Waals surface area contributed by atoms with Crippen molar-refractivity contribution < 1.29 is 23.4 Å². The second-order valence-corrected chi connectivity index (χ2v) is 9.23. The third kappa shape index (κ3) is 5.70. The molecule has 5 rings (SSSR count). The predicted molar refractivity (Wildman–Crippen MR) is 141 cm³/mol. The van der Waals surface area contributed by atoms with Crippen molar-refractivity contribution in [3.8, 4) is 23.1 Å².